The SMILES string of the molecule is O=C(O)c1cc(NCc2ccon2)ccc1[N+](=O)[O-]. The molecule has 0 aliphatic heterocycles. The Morgan fingerprint density at radius 2 is 2.26 bits per heavy atom. The van der Waals surface area contributed by atoms with E-state index in [9.17, 15) is 14.9 Å². The maximum atomic E-state index is 11.0. The zero-order valence-electron chi connectivity index (χ0n) is 9.57. The van der Waals surface area contributed by atoms with Crippen LogP contribution in [0, 0.1) is 10.1 Å². The van der Waals surface area contributed by atoms with Crippen LogP contribution in [0.15, 0.2) is 35.1 Å². The first kappa shape index (κ1) is 12.6. The molecule has 2 aromatic rings. The smallest absolute Gasteiger partial charge is 0.342 e. The fraction of sp³-hybridized carbons (Fsp3) is 0.0909. The minimum Gasteiger partial charge on any atom is -0.477 e. The van der Waals surface area contributed by atoms with E-state index in [1.54, 1.807) is 6.07 Å². The Balaban J connectivity index is 2.20. The maximum absolute atomic E-state index is 11.0. The van der Waals surface area contributed by atoms with Crippen LogP contribution in [0.25, 0.3) is 0 Å². The standard InChI is InChI=1S/C11H9N3O5/c15-11(16)9-5-7(1-2-10(9)14(17)18)12-6-8-3-4-19-13-8/h1-5,12H,6H2,(H,15,16). The van der Waals surface area contributed by atoms with Gasteiger partial charge < -0.3 is 14.9 Å². The molecule has 0 atom stereocenters. The third-order valence-electron chi connectivity index (χ3n) is 2.39. The second-order valence-electron chi connectivity index (χ2n) is 3.64. The van der Waals surface area contributed by atoms with Crippen LogP contribution in [0.4, 0.5) is 11.4 Å². The van der Waals surface area contributed by atoms with Gasteiger partial charge in [-0.3, -0.25) is 10.1 Å². The fourth-order valence-corrected chi connectivity index (χ4v) is 1.50. The van der Waals surface area contributed by atoms with Gasteiger partial charge in [-0.15, -0.1) is 0 Å². The first-order chi connectivity index (χ1) is 9.08. The summed E-state index contributed by atoms with van der Waals surface area (Å²) in [5, 5.41) is 26.2. The van der Waals surface area contributed by atoms with Gasteiger partial charge in [-0.2, -0.15) is 0 Å². The van der Waals surface area contributed by atoms with Crippen molar-refractivity contribution in [2.75, 3.05) is 5.32 Å². The number of nitro groups is 1. The Morgan fingerprint density at radius 1 is 1.47 bits per heavy atom. The number of nitro benzene ring substituents is 1. The van der Waals surface area contributed by atoms with Crippen molar-refractivity contribution < 1.29 is 19.3 Å². The third kappa shape index (κ3) is 2.86. The number of benzene rings is 1. The highest BCUT2D eigenvalue weighted by Gasteiger charge is 2.19. The Hall–Kier alpha value is -2.90. The van der Waals surface area contributed by atoms with E-state index in [0.717, 1.165) is 6.07 Å². The molecule has 1 aromatic heterocycles. The van der Waals surface area contributed by atoms with Gasteiger partial charge in [0, 0.05) is 17.8 Å². The molecule has 8 heteroatoms. The van der Waals surface area contributed by atoms with Crippen molar-refractivity contribution >= 4 is 17.3 Å². The average Bonchev–Trinajstić information content (AvgIpc) is 2.88. The summed E-state index contributed by atoms with van der Waals surface area (Å²) in [6.45, 7) is 0.327. The highest BCUT2D eigenvalue weighted by atomic mass is 16.6. The Morgan fingerprint density at radius 3 is 2.84 bits per heavy atom. The number of hydrogen-bond acceptors (Lipinski definition) is 6. The predicted molar refractivity (Wildman–Crippen MR) is 63.9 cm³/mol. The second kappa shape index (κ2) is 5.17. The lowest BCUT2D eigenvalue weighted by Gasteiger charge is -2.05. The van der Waals surface area contributed by atoms with Gasteiger partial charge >= 0.3 is 5.97 Å². The Bertz CT molecular complexity index is 609. The lowest BCUT2D eigenvalue weighted by Crippen LogP contribution is -2.05. The number of hydrogen-bond donors (Lipinski definition) is 2. The summed E-state index contributed by atoms with van der Waals surface area (Å²) < 4.78 is 4.64. The Kier molecular flexibility index (Phi) is 3.42. The molecule has 0 radical (unpaired) electrons. The van der Waals surface area contributed by atoms with Crippen LogP contribution in [-0.4, -0.2) is 21.2 Å². The van der Waals surface area contributed by atoms with Crippen molar-refractivity contribution in [2.24, 2.45) is 0 Å². The molecule has 0 amide bonds. The lowest BCUT2D eigenvalue weighted by molar-refractivity contribution is -0.385. The summed E-state index contributed by atoms with van der Waals surface area (Å²) in [6, 6.07) is 5.44. The molecule has 1 heterocycles. The number of carboxylic acids is 1. The minimum absolute atomic E-state index is 0.327. The highest BCUT2D eigenvalue weighted by Crippen LogP contribution is 2.23. The minimum atomic E-state index is -1.35. The van der Waals surface area contributed by atoms with Crippen LogP contribution in [0.2, 0.25) is 0 Å². The number of aromatic nitrogens is 1. The molecule has 8 nitrogen and oxygen atoms in total. The molecular formula is C11H9N3O5. The molecule has 0 saturated heterocycles. The predicted octanol–water partition coefficient (Wildman–Crippen LogP) is 1.89. The molecule has 0 saturated carbocycles. The summed E-state index contributed by atoms with van der Waals surface area (Å²) in [7, 11) is 0. The molecule has 1 aromatic carbocycles. The highest BCUT2D eigenvalue weighted by molar-refractivity contribution is 5.93. The monoisotopic (exact) mass is 263 g/mol. The number of rotatable bonds is 5. The third-order valence-corrected chi connectivity index (χ3v) is 2.39. The van der Waals surface area contributed by atoms with Crippen LogP contribution in [0.1, 0.15) is 16.1 Å². The van der Waals surface area contributed by atoms with E-state index < -0.39 is 16.6 Å². The summed E-state index contributed by atoms with van der Waals surface area (Å²) in [5.74, 6) is -1.35. The van der Waals surface area contributed by atoms with E-state index in [4.69, 9.17) is 5.11 Å². The molecule has 2 N–H and O–H groups in total. The molecule has 0 aliphatic rings. The van der Waals surface area contributed by atoms with Gasteiger partial charge in [-0.25, -0.2) is 4.79 Å². The van der Waals surface area contributed by atoms with Crippen molar-refractivity contribution in [3.8, 4) is 0 Å². The Labute approximate surface area is 106 Å². The van der Waals surface area contributed by atoms with Gasteiger partial charge in [0.25, 0.3) is 5.69 Å². The molecular weight excluding hydrogens is 254 g/mol. The number of carboxylic acid groups (broad SMARTS) is 1. The van der Waals surface area contributed by atoms with Crippen molar-refractivity contribution in [1.29, 1.82) is 0 Å². The second-order valence-corrected chi connectivity index (χ2v) is 3.64. The van der Waals surface area contributed by atoms with Gasteiger partial charge in [0.15, 0.2) is 0 Å². The van der Waals surface area contributed by atoms with Crippen LogP contribution < -0.4 is 5.32 Å². The van der Waals surface area contributed by atoms with Crippen LogP contribution in [0.5, 0.6) is 0 Å². The summed E-state index contributed by atoms with van der Waals surface area (Å²) in [4.78, 5) is 20.9. The molecule has 0 spiro atoms. The van der Waals surface area contributed by atoms with E-state index in [1.807, 2.05) is 0 Å². The van der Waals surface area contributed by atoms with Crippen LogP contribution in [0.3, 0.4) is 0 Å². The maximum Gasteiger partial charge on any atom is 0.342 e. The van der Waals surface area contributed by atoms with Crippen LogP contribution in [-0.2, 0) is 6.54 Å². The summed E-state index contributed by atoms with van der Waals surface area (Å²) in [5.41, 5.74) is 0.274. The fourth-order valence-electron chi connectivity index (χ4n) is 1.50. The van der Waals surface area contributed by atoms with Gasteiger partial charge in [-0.1, -0.05) is 5.16 Å². The average molecular weight is 263 g/mol. The molecule has 19 heavy (non-hydrogen) atoms. The van der Waals surface area contributed by atoms with Gasteiger partial charge in [0.1, 0.15) is 17.5 Å². The topological polar surface area (TPSA) is 118 Å². The number of nitrogens with zero attached hydrogens (tertiary/aromatic N) is 2. The van der Waals surface area contributed by atoms with Crippen molar-refractivity contribution in [1.82, 2.24) is 5.16 Å². The molecule has 0 fully saturated rings. The van der Waals surface area contributed by atoms with E-state index >= 15 is 0 Å². The first-order valence-electron chi connectivity index (χ1n) is 5.23. The van der Waals surface area contributed by atoms with Gasteiger partial charge in [0.2, 0.25) is 0 Å². The summed E-state index contributed by atoms with van der Waals surface area (Å²) in [6.07, 6.45) is 1.41. The van der Waals surface area contributed by atoms with Gasteiger partial charge in [0.05, 0.1) is 11.5 Å². The molecule has 0 unspecified atom stereocenters. The molecule has 2 rings (SSSR count). The number of nitrogens with one attached hydrogen (secondary N) is 1. The van der Waals surface area contributed by atoms with E-state index in [0.29, 0.717) is 17.9 Å². The first-order valence-corrected chi connectivity index (χ1v) is 5.23. The largest absolute Gasteiger partial charge is 0.477 e. The van der Waals surface area contributed by atoms with E-state index in [1.165, 1.54) is 18.4 Å². The van der Waals surface area contributed by atoms with Crippen molar-refractivity contribution in [3.63, 3.8) is 0 Å². The number of aromatic carboxylic acids is 1. The van der Waals surface area contributed by atoms with Crippen molar-refractivity contribution in [2.45, 2.75) is 6.54 Å². The zero-order chi connectivity index (χ0) is 13.8. The van der Waals surface area contributed by atoms with Crippen LogP contribution >= 0.6 is 0 Å². The van der Waals surface area contributed by atoms with E-state index in [2.05, 4.69) is 15.0 Å². The molecule has 0 aliphatic carbocycles. The molecule has 0 bridgehead atoms. The number of anilines is 1. The van der Waals surface area contributed by atoms with E-state index in [-0.39, 0.29) is 5.56 Å². The number of carbonyl (C=O) groups is 1. The molecule has 98 valence electrons. The lowest BCUT2D eigenvalue weighted by atomic mass is 10.1. The van der Waals surface area contributed by atoms with Gasteiger partial charge in [-0.05, 0) is 12.1 Å². The van der Waals surface area contributed by atoms with Crippen molar-refractivity contribution in [3.05, 3.63) is 51.9 Å². The summed E-state index contributed by atoms with van der Waals surface area (Å²) >= 11 is 0. The quantitative estimate of drug-likeness (QED) is 0.624. The zero-order valence-corrected chi connectivity index (χ0v) is 9.57. The normalized spacial score (nSPS) is 10.1.